The van der Waals surface area contributed by atoms with Crippen LogP contribution < -0.4 is 21.2 Å². The normalized spacial score (nSPS) is 19.7. The Hall–Kier alpha value is -2.26. The summed E-state index contributed by atoms with van der Waals surface area (Å²) in [6, 6.07) is 1.14. The van der Waals surface area contributed by atoms with Crippen molar-refractivity contribution in [3.63, 3.8) is 0 Å². The fourth-order valence-corrected chi connectivity index (χ4v) is 5.35. The van der Waals surface area contributed by atoms with E-state index in [9.17, 15) is 9.59 Å². The Morgan fingerprint density at radius 3 is 2.79 bits per heavy atom. The first-order chi connectivity index (χ1) is 14.0. The number of H-pyrrole nitrogens is 1. The maximum Gasteiger partial charge on any atom is 0.271 e. The molecule has 29 heavy (non-hydrogen) atoms. The minimum atomic E-state index is -0.746. The summed E-state index contributed by atoms with van der Waals surface area (Å²) in [7, 11) is 0. The van der Waals surface area contributed by atoms with E-state index in [0.717, 1.165) is 50.0 Å². The molecule has 0 radical (unpaired) electrons. The maximum absolute atomic E-state index is 15.8. The van der Waals surface area contributed by atoms with Gasteiger partial charge in [0.25, 0.3) is 5.56 Å². The Balaban J connectivity index is 1.72. The van der Waals surface area contributed by atoms with Gasteiger partial charge in [-0.3, -0.25) is 14.0 Å². The maximum atomic E-state index is 15.8. The van der Waals surface area contributed by atoms with Crippen molar-refractivity contribution >= 4 is 38.3 Å². The van der Waals surface area contributed by atoms with Crippen molar-refractivity contribution in [1.82, 2.24) is 14.3 Å². The van der Waals surface area contributed by atoms with Gasteiger partial charge in [0.15, 0.2) is 5.82 Å². The lowest BCUT2D eigenvalue weighted by molar-refractivity contribution is 0.525. The Labute approximate surface area is 169 Å². The van der Waals surface area contributed by atoms with E-state index in [1.165, 1.54) is 0 Å². The molecule has 1 aromatic carbocycles. The molecule has 2 fully saturated rings. The standard InChI is InChI=1S/C20H22F2N4O2S/c1-2-23-8-10-5-6-25(9-10)17-13(21)7-12-16(15(17)22)26(11-3-4-11)20-14(18(12)27)19(28)24-29-20/h7,10-11,23H,2-6,8-9H2,1H3,(H,24,28). The third-order valence-electron chi connectivity index (χ3n) is 5.98. The summed E-state index contributed by atoms with van der Waals surface area (Å²) in [5.41, 5.74) is -1.05. The molecule has 5 rings (SSSR count). The van der Waals surface area contributed by atoms with Gasteiger partial charge in [-0.2, -0.15) is 0 Å². The number of pyridine rings is 1. The molecule has 6 nitrogen and oxygen atoms in total. The summed E-state index contributed by atoms with van der Waals surface area (Å²) < 4.78 is 35.1. The molecule has 2 aliphatic rings. The van der Waals surface area contributed by atoms with E-state index in [0.29, 0.717) is 23.8 Å². The van der Waals surface area contributed by atoms with Crippen molar-refractivity contribution in [2.75, 3.05) is 31.1 Å². The zero-order chi connectivity index (χ0) is 20.3. The highest BCUT2D eigenvalue weighted by Gasteiger charge is 2.33. The SMILES string of the molecule is CCNCC1CCN(c2c(F)cc3c(=O)c4c(=O)[nH]sc4n(C4CC4)c3c2F)C1. The van der Waals surface area contributed by atoms with E-state index in [-0.39, 0.29) is 28.0 Å². The van der Waals surface area contributed by atoms with E-state index in [4.69, 9.17) is 0 Å². The first kappa shape index (κ1) is 18.7. The number of rotatable bonds is 5. The molecule has 1 atom stereocenters. The Morgan fingerprint density at radius 1 is 1.28 bits per heavy atom. The molecule has 154 valence electrons. The highest BCUT2D eigenvalue weighted by atomic mass is 32.1. The van der Waals surface area contributed by atoms with E-state index < -0.39 is 22.6 Å². The summed E-state index contributed by atoms with van der Waals surface area (Å²) in [6.07, 6.45) is 2.55. The highest BCUT2D eigenvalue weighted by Crippen LogP contribution is 2.42. The summed E-state index contributed by atoms with van der Waals surface area (Å²) in [6.45, 7) is 4.85. The molecule has 1 aliphatic carbocycles. The number of aromatic amines is 1. The number of aromatic nitrogens is 2. The van der Waals surface area contributed by atoms with Crippen LogP contribution in [0.2, 0.25) is 0 Å². The van der Waals surface area contributed by atoms with Gasteiger partial charge in [0, 0.05) is 19.1 Å². The van der Waals surface area contributed by atoms with Crippen molar-refractivity contribution in [3.05, 3.63) is 38.3 Å². The minimum Gasteiger partial charge on any atom is -0.366 e. The fraction of sp³-hybridized carbons (Fsp3) is 0.500. The molecule has 1 saturated heterocycles. The Bertz CT molecular complexity index is 1230. The monoisotopic (exact) mass is 420 g/mol. The van der Waals surface area contributed by atoms with Crippen LogP contribution >= 0.6 is 11.5 Å². The van der Waals surface area contributed by atoms with Crippen molar-refractivity contribution in [1.29, 1.82) is 0 Å². The number of nitrogens with one attached hydrogen (secondary N) is 2. The number of fused-ring (bicyclic) bond motifs is 2. The van der Waals surface area contributed by atoms with Gasteiger partial charge in [-0.05, 0) is 55.9 Å². The third-order valence-corrected chi connectivity index (χ3v) is 6.86. The molecule has 2 aromatic heterocycles. The predicted octanol–water partition coefficient (Wildman–Crippen LogP) is 2.95. The number of anilines is 1. The van der Waals surface area contributed by atoms with Crippen LogP contribution in [0.3, 0.4) is 0 Å². The van der Waals surface area contributed by atoms with Crippen LogP contribution in [0.25, 0.3) is 21.1 Å². The third kappa shape index (κ3) is 2.90. The van der Waals surface area contributed by atoms with Gasteiger partial charge in [0.2, 0.25) is 5.43 Å². The van der Waals surface area contributed by atoms with Gasteiger partial charge >= 0.3 is 0 Å². The van der Waals surface area contributed by atoms with Gasteiger partial charge in [0.05, 0.1) is 10.9 Å². The minimum absolute atomic E-state index is 0.00664. The van der Waals surface area contributed by atoms with Crippen LogP contribution in [0.1, 0.15) is 32.2 Å². The average Bonchev–Trinajstić information content (AvgIpc) is 3.30. The summed E-state index contributed by atoms with van der Waals surface area (Å²) >= 11 is 1.04. The molecular weight excluding hydrogens is 398 g/mol. The van der Waals surface area contributed by atoms with Crippen LogP contribution in [0.15, 0.2) is 15.7 Å². The van der Waals surface area contributed by atoms with E-state index in [1.807, 2.05) is 6.92 Å². The number of hydrogen-bond acceptors (Lipinski definition) is 5. The smallest absolute Gasteiger partial charge is 0.271 e. The molecule has 0 bridgehead atoms. The first-order valence-corrected chi connectivity index (χ1v) is 10.9. The molecule has 3 heterocycles. The molecule has 3 aromatic rings. The molecule has 0 amide bonds. The number of benzene rings is 1. The van der Waals surface area contributed by atoms with Crippen LogP contribution in [0.4, 0.5) is 14.5 Å². The second kappa shape index (κ2) is 6.91. The lowest BCUT2D eigenvalue weighted by atomic mass is 10.1. The molecule has 1 saturated carbocycles. The summed E-state index contributed by atoms with van der Waals surface area (Å²) in [4.78, 5) is 27.2. The molecular formula is C20H22F2N4O2S. The zero-order valence-corrected chi connectivity index (χ0v) is 16.9. The molecule has 9 heteroatoms. The lowest BCUT2D eigenvalue weighted by Crippen LogP contribution is -2.27. The topological polar surface area (TPSA) is 70.1 Å². The second-order valence-corrected chi connectivity index (χ2v) is 8.76. The number of halogens is 2. The van der Waals surface area contributed by atoms with Gasteiger partial charge in [-0.25, -0.2) is 8.78 Å². The van der Waals surface area contributed by atoms with Crippen molar-refractivity contribution < 1.29 is 8.78 Å². The van der Waals surface area contributed by atoms with E-state index in [2.05, 4.69) is 9.69 Å². The number of hydrogen-bond donors (Lipinski definition) is 2. The number of nitrogens with zero attached hydrogens (tertiary/aromatic N) is 2. The summed E-state index contributed by atoms with van der Waals surface area (Å²) in [5, 5.41) is 3.23. The second-order valence-electron chi connectivity index (χ2n) is 7.97. The predicted molar refractivity (Wildman–Crippen MR) is 111 cm³/mol. The molecule has 1 aliphatic heterocycles. The highest BCUT2D eigenvalue weighted by molar-refractivity contribution is 7.12. The van der Waals surface area contributed by atoms with Crippen LogP contribution in [-0.2, 0) is 0 Å². The van der Waals surface area contributed by atoms with Crippen molar-refractivity contribution in [3.8, 4) is 0 Å². The molecule has 2 N–H and O–H groups in total. The fourth-order valence-electron chi connectivity index (χ4n) is 4.43. The van der Waals surface area contributed by atoms with Crippen LogP contribution in [0, 0.1) is 17.6 Å². The van der Waals surface area contributed by atoms with Crippen molar-refractivity contribution in [2.24, 2.45) is 5.92 Å². The first-order valence-electron chi connectivity index (χ1n) is 10.0. The van der Waals surface area contributed by atoms with E-state index in [1.54, 1.807) is 9.47 Å². The van der Waals surface area contributed by atoms with Gasteiger partial charge in [-0.15, -0.1) is 0 Å². The molecule has 0 spiro atoms. The quantitative estimate of drug-likeness (QED) is 0.666. The van der Waals surface area contributed by atoms with Crippen LogP contribution in [0.5, 0.6) is 0 Å². The van der Waals surface area contributed by atoms with Gasteiger partial charge in [0.1, 0.15) is 21.7 Å². The largest absolute Gasteiger partial charge is 0.366 e. The van der Waals surface area contributed by atoms with Crippen molar-refractivity contribution in [2.45, 2.75) is 32.2 Å². The Kier molecular flexibility index (Phi) is 4.47. The van der Waals surface area contributed by atoms with Crippen LogP contribution in [-0.4, -0.2) is 35.1 Å². The van der Waals surface area contributed by atoms with Gasteiger partial charge < -0.3 is 14.8 Å². The molecule has 1 unspecified atom stereocenters. The van der Waals surface area contributed by atoms with E-state index >= 15 is 8.78 Å². The van der Waals surface area contributed by atoms with Gasteiger partial charge in [-0.1, -0.05) is 6.92 Å². The summed E-state index contributed by atoms with van der Waals surface area (Å²) in [5.74, 6) is -1.12. The Morgan fingerprint density at radius 2 is 2.07 bits per heavy atom. The lowest BCUT2D eigenvalue weighted by Gasteiger charge is -2.22. The zero-order valence-electron chi connectivity index (χ0n) is 16.1. The average molecular weight is 420 g/mol.